The molecule has 0 saturated heterocycles. The normalized spacial score (nSPS) is 11.2. The number of carboxylic acid groups (broad SMARTS) is 1. The fourth-order valence-electron chi connectivity index (χ4n) is 1.21. The molecule has 4 heteroatoms. The predicted octanol–water partition coefficient (Wildman–Crippen LogP) is 2.24. The van der Waals surface area contributed by atoms with E-state index in [4.69, 9.17) is 15.1 Å². The van der Waals surface area contributed by atoms with Crippen molar-refractivity contribution in [2.24, 2.45) is 0 Å². The Bertz CT molecular complexity index is 510. The molecule has 0 heterocycles. The lowest BCUT2D eigenvalue weighted by atomic mass is 10.1. The summed E-state index contributed by atoms with van der Waals surface area (Å²) in [4.78, 5) is 10.5. The summed E-state index contributed by atoms with van der Waals surface area (Å²) in [5.41, 5.74) is 0.505. The molecule has 1 rings (SSSR count). The molecular weight excluding hydrogens is 218 g/mol. The number of carboxylic acids is 1. The van der Waals surface area contributed by atoms with Crippen LogP contribution in [0.15, 0.2) is 42.0 Å². The zero-order chi connectivity index (χ0) is 12.7. The summed E-state index contributed by atoms with van der Waals surface area (Å²) in [6.45, 7) is 0. The minimum Gasteiger partial charge on any atom is -0.496 e. The lowest BCUT2D eigenvalue weighted by Crippen LogP contribution is -1.96. The molecule has 0 spiro atoms. The van der Waals surface area contributed by atoms with Crippen LogP contribution in [0.5, 0.6) is 5.75 Å². The summed E-state index contributed by atoms with van der Waals surface area (Å²) in [6, 6.07) is 8.90. The smallest absolute Gasteiger partial charge is 0.346 e. The summed E-state index contributed by atoms with van der Waals surface area (Å²) < 4.78 is 5.12. The van der Waals surface area contributed by atoms with E-state index < -0.39 is 5.97 Å². The van der Waals surface area contributed by atoms with E-state index in [1.54, 1.807) is 25.3 Å². The number of nitriles is 1. The van der Waals surface area contributed by atoms with Gasteiger partial charge in [0.2, 0.25) is 0 Å². The minimum absolute atomic E-state index is 0.309. The predicted molar refractivity (Wildman–Crippen MR) is 63.4 cm³/mol. The van der Waals surface area contributed by atoms with Crippen molar-refractivity contribution in [2.45, 2.75) is 0 Å². The monoisotopic (exact) mass is 229 g/mol. The average molecular weight is 229 g/mol. The van der Waals surface area contributed by atoms with Gasteiger partial charge in [-0.25, -0.2) is 4.79 Å². The Morgan fingerprint density at radius 3 is 2.76 bits per heavy atom. The Labute approximate surface area is 99.1 Å². The van der Waals surface area contributed by atoms with Crippen LogP contribution < -0.4 is 4.74 Å². The molecule has 0 aliphatic carbocycles. The first kappa shape index (κ1) is 12.5. The van der Waals surface area contributed by atoms with Crippen molar-refractivity contribution >= 4 is 12.0 Å². The number of aliphatic carboxylic acids is 1. The summed E-state index contributed by atoms with van der Waals surface area (Å²) in [6.07, 6.45) is 4.43. The molecule has 0 amide bonds. The topological polar surface area (TPSA) is 70.3 Å². The number of benzene rings is 1. The van der Waals surface area contributed by atoms with E-state index in [1.807, 2.05) is 18.2 Å². The molecule has 0 atom stereocenters. The van der Waals surface area contributed by atoms with Crippen LogP contribution in [0.1, 0.15) is 5.56 Å². The lowest BCUT2D eigenvalue weighted by molar-refractivity contribution is -0.132. The molecular formula is C13H11NO3. The Kier molecular flexibility index (Phi) is 4.52. The van der Waals surface area contributed by atoms with Crippen LogP contribution in [-0.4, -0.2) is 18.2 Å². The molecule has 1 aromatic carbocycles. The maximum Gasteiger partial charge on any atom is 0.346 e. The van der Waals surface area contributed by atoms with Crippen LogP contribution >= 0.6 is 0 Å². The van der Waals surface area contributed by atoms with Crippen molar-refractivity contribution in [3.8, 4) is 11.8 Å². The lowest BCUT2D eigenvalue weighted by Gasteiger charge is -2.02. The second kappa shape index (κ2) is 6.13. The highest BCUT2D eigenvalue weighted by Crippen LogP contribution is 2.18. The van der Waals surface area contributed by atoms with E-state index in [1.165, 1.54) is 12.2 Å². The van der Waals surface area contributed by atoms with Crippen LogP contribution in [0.3, 0.4) is 0 Å². The van der Waals surface area contributed by atoms with Gasteiger partial charge >= 0.3 is 5.97 Å². The van der Waals surface area contributed by atoms with Crippen LogP contribution in [-0.2, 0) is 4.79 Å². The number of rotatable bonds is 4. The first-order valence-electron chi connectivity index (χ1n) is 4.84. The van der Waals surface area contributed by atoms with E-state index in [9.17, 15) is 4.79 Å². The molecule has 17 heavy (non-hydrogen) atoms. The van der Waals surface area contributed by atoms with Crippen molar-refractivity contribution in [2.75, 3.05) is 7.11 Å². The standard InChI is InChI=1S/C13H11NO3/c1-17-12-8-3-2-5-10(12)6-4-7-11(9-14)13(15)16/h2-8H,1H3,(H,15,16)/b6-4+,11-7+. The third-order valence-corrected chi connectivity index (χ3v) is 2.03. The number of allylic oxidation sites excluding steroid dienone is 2. The summed E-state index contributed by atoms with van der Waals surface area (Å²) >= 11 is 0. The number of hydrogen-bond acceptors (Lipinski definition) is 3. The molecule has 0 unspecified atom stereocenters. The van der Waals surface area contributed by atoms with Crippen molar-refractivity contribution in [1.82, 2.24) is 0 Å². The highest BCUT2D eigenvalue weighted by atomic mass is 16.5. The Morgan fingerprint density at radius 2 is 2.18 bits per heavy atom. The van der Waals surface area contributed by atoms with Crippen molar-refractivity contribution in [3.63, 3.8) is 0 Å². The molecule has 4 nitrogen and oxygen atoms in total. The Hall–Kier alpha value is -2.54. The Balaban J connectivity index is 2.92. The van der Waals surface area contributed by atoms with E-state index in [-0.39, 0.29) is 5.57 Å². The number of para-hydroxylation sites is 1. The number of nitrogens with zero attached hydrogens (tertiary/aromatic N) is 1. The highest BCUT2D eigenvalue weighted by Gasteiger charge is 2.02. The highest BCUT2D eigenvalue weighted by molar-refractivity contribution is 5.91. The van der Waals surface area contributed by atoms with Gasteiger partial charge in [-0.1, -0.05) is 30.4 Å². The van der Waals surface area contributed by atoms with E-state index in [0.29, 0.717) is 5.75 Å². The molecule has 0 saturated carbocycles. The second-order valence-electron chi connectivity index (χ2n) is 3.10. The van der Waals surface area contributed by atoms with E-state index in [2.05, 4.69) is 0 Å². The largest absolute Gasteiger partial charge is 0.496 e. The molecule has 1 aromatic rings. The number of hydrogen-bond donors (Lipinski definition) is 1. The number of methoxy groups -OCH3 is 1. The van der Waals surface area contributed by atoms with Gasteiger partial charge in [0.05, 0.1) is 7.11 Å². The van der Waals surface area contributed by atoms with Crippen molar-refractivity contribution < 1.29 is 14.6 Å². The second-order valence-corrected chi connectivity index (χ2v) is 3.10. The van der Waals surface area contributed by atoms with Crippen LogP contribution in [0.25, 0.3) is 6.08 Å². The van der Waals surface area contributed by atoms with Gasteiger partial charge in [-0.3, -0.25) is 0 Å². The molecule has 0 aliphatic rings. The van der Waals surface area contributed by atoms with Gasteiger partial charge in [-0.15, -0.1) is 0 Å². The summed E-state index contributed by atoms with van der Waals surface area (Å²) in [7, 11) is 1.56. The molecule has 0 fully saturated rings. The van der Waals surface area contributed by atoms with Gasteiger partial charge < -0.3 is 9.84 Å². The summed E-state index contributed by atoms with van der Waals surface area (Å²) in [5, 5.41) is 17.2. The summed E-state index contributed by atoms with van der Waals surface area (Å²) in [5.74, 6) is -0.553. The van der Waals surface area contributed by atoms with Gasteiger partial charge in [0, 0.05) is 5.56 Å². The van der Waals surface area contributed by atoms with Gasteiger partial charge in [0.1, 0.15) is 17.4 Å². The fourth-order valence-corrected chi connectivity index (χ4v) is 1.21. The van der Waals surface area contributed by atoms with Gasteiger partial charge in [-0.05, 0) is 12.1 Å². The zero-order valence-electron chi connectivity index (χ0n) is 9.25. The van der Waals surface area contributed by atoms with Gasteiger partial charge in [0.25, 0.3) is 0 Å². The SMILES string of the molecule is COc1ccccc1/C=C/C=C(\C#N)C(=O)O. The van der Waals surface area contributed by atoms with E-state index >= 15 is 0 Å². The van der Waals surface area contributed by atoms with Crippen LogP contribution in [0, 0.1) is 11.3 Å². The fraction of sp³-hybridized carbons (Fsp3) is 0.0769. The quantitative estimate of drug-likeness (QED) is 0.488. The van der Waals surface area contributed by atoms with Crippen LogP contribution in [0.2, 0.25) is 0 Å². The third-order valence-electron chi connectivity index (χ3n) is 2.03. The molecule has 1 N–H and O–H groups in total. The molecule has 86 valence electrons. The van der Waals surface area contributed by atoms with Gasteiger partial charge in [0.15, 0.2) is 0 Å². The maximum absolute atomic E-state index is 10.5. The van der Waals surface area contributed by atoms with Crippen molar-refractivity contribution in [3.05, 3.63) is 47.6 Å². The molecule has 0 bridgehead atoms. The molecule has 0 aliphatic heterocycles. The van der Waals surface area contributed by atoms with Gasteiger partial charge in [-0.2, -0.15) is 5.26 Å². The zero-order valence-corrected chi connectivity index (χ0v) is 9.25. The third kappa shape index (κ3) is 3.50. The average Bonchev–Trinajstić information content (AvgIpc) is 2.34. The molecule has 0 aromatic heterocycles. The maximum atomic E-state index is 10.5. The van der Waals surface area contributed by atoms with E-state index in [0.717, 1.165) is 5.56 Å². The van der Waals surface area contributed by atoms with Crippen LogP contribution in [0.4, 0.5) is 0 Å². The molecule has 0 radical (unpaired) electrons. The minimum atomic E-state index is -1.24. The first-order chi connectivity index (χ1) is 8.19. The number of ether oxygens (including phenoxy) is 1. The Morgan fingerprint density at radius 1 is 1.47 bits per heavy atom. The van der Waals surface area contributed by atoms with Crippen molar-refractivity contribution in [1.29, 1.82) is 5.26 Å². The first-order valence-corrected chi connectivity index (χ1v) is 4.84. The number of carbonyl (C=O) groups is 1.